The maximum Gasteiger partial charge on any atom is 0.307 e. The van der Waals surface area contributed by atoms with E-state index < -0.39 is 0 Å². The van der Waals surface area contributed by atoms with E-state index in [0.29, 0.717) is 23.7 Å². The van der Waals surface area contributed by atoms with Gasteiger partial charge in [0.15, 0.2) is 0 Å². The molecule has 0 heterocycles. The van der Waals surface area contributed by atoms with E-state index in [1.807, 2.05) is 0 Å². The molecule has 1 aromatic carbocycles. The van der Waals surface area contributed by atoms with Crippen molar-refractivity contribution in [3.63, 3.8) is 0 Å². The first kappa shape index (κ1) is 15.8. The van der Waals surface area contributed by atoms with E-state index in [-0.39, 0.29) is 24.8 Å². The summed E-state index contributed by atoms with van der Waals surface area (Å²) in [7, 11) is 3.00. The molecule has 20 heavy (non-hydrogen) atoms. The quantitative estimate of drug-likeness (QED) is 0.764. The van der Waals surface area contributed by atoms with Crippen LogP contribution in [0.25, 0.3) is 0 Å². The van der Waals surface area contributed by atoms with Crippen molar-refractivity contribution >= 4 is 11.9 Å². The molecule has 0 fully saturated rings. The van der Waals surface area contributed by atoms with Gasteiger partial charge in [0.25, 0.3) is 5.91 Å². The zero-order valence-corrected chi connectivity index (χ0v) is 11.9. The van der Waals surface area contributed by atoms with Gasteiger partial charge in [-0.25, -0.2) is 0 Å². The van der Waals surface area contributed by atoms with Gasteiger partial charge < -0.3 is 19.5 Å². The minimum Gasteiger partial charge on any atom is -0.497 e. The summed E-state index contributed by atoms with van der Waals surface area (Å²) in [6.07, 6.45) is 0.131. The van der Waals surface area contributed by atoms with E-state index in [0.717, 1.165) is 0 Å². The first-order valence-electron chi connectivity index (χ1n) is 6.28. The third kappa shape index (κ3) is 4.46. The van der Waals surface area contributed by atoms with Crippen molar-refractivity contribution in [3.05, 3.63) is 23.8 Å². The zero-order chi connectivity index (χ0) is 15.0. The highest BCUT2D eigenvalue weighted by molar-refractivity contribution is 5.97. The van der Waals surface area contributed by atoms with Crippen molar-refractivity contribution in [1.29, 1.82) is 0 Å². The third-order valence-electron chi connectivity index (χ3n) is 2.57. The Balaban J connectivity index is 2.64. The summed E-state index contributed by atoms with van der Waals surface area (Å²) in [5, 5.41) is 2.64. The first-order chi connectivity index (χ1) is 9.62. The van der Waals surface area contributed by atoms with Gasteiger partial charge in [-0.2, -0.15) is 0 Å². The Bertz CT molecular complexity index is 473. The predicted octanol–water partition coefficient (Wildman–Crippen LogP) is 1.39. The normalized spacial score (nSPS) is 9.75. The minimum absolute atomic E-state index is 0.131. The second kappa shape index (κ2) is 8.04. The number of hydrogen-bond donors (Lipinski definition) is 1. The molecule has 1 rings (SSSR count). The number of carbonyl (C=O) groups excluding carboxylic acids is 2. The van der Waals surface area contributed by atoms with E-state index in [1.54, 1.807) is 25.1 Å². The van der Waals surface area contributed by atoms with Crippen LogP contribution in [0.3, 0.4) is 0 Å². The molecule has 0 unspecified atom stereocenters. The first-order valence-corrected chi connectivity index (χ1v) is 6.28. The van der Waals surface area contributed by atoms with Crippen LogP contribution in [0.1, 0.15) is 23.7 Å². The Morgan fingerprint density at radius 3 is 2.55 bits per heavy atom. The summed E-state index contributed by atoms with van der Waals surface area (Å²) in [4.78, 5) is 23.2. The minimum atomic E-state index is -0.342. The highest BCUT2D eigenvalue weighted by atomic mass is 16.5. The van der Waals surface area contributed by atoms with E-state index in [4.69, 9.17) is 14.2 Å². The van der Waals surface area contributed by atoms with Crippen molar-refractivity contribution < 1.29 is 23.8 Å². The molecule has 0 bridgehead atoms. The number of ether oxygens (including phenoxy) is 3. The van der Waals surface area contributed by atoms with Crippen molar-refractivity contribution in [2.75, 3.05) is 27.4 Å². The summed E-state index contributed by atoms with van der Waals surface area (Å²) in [5.41, 5.74) is 0.357. The molecule has 0 aliphatic heterocycles. The van der Waals surface area contributed by atoms with Crippen LogP contribution in [0.2, 0.25) is 0 Å². The van der Waals surface area contributed by atoms with Gasteiger partial charge in [0.2, 0.25) is 0 Å². The van der Waals surface area contributed by atoms with Gasteiger partial charge in [-0.3, -0.25) is 9.59 Å². The maximum absolute atomic E-state index is 12.0. The lowest BCUT2D eigenvalue weighted by Gasteiger charge is -2.10. The molecule has 1 N–H and O–H groups in total. The lowest BCUT2D eigenvalue weighted by Crippen LogP contribution is -2.27. The van der Waals surface area contributed by atoms with Crippen LogP contribution in [-0.2, 0) is 9.53 Å². The standard InChI is InChI=1S/C14H19NO5/c1-4-20-13(16)7-8-15-14(17)11-9-10(18-2)5-6-12(11)19-3/h5-6,9H,4,7-8H2,1-3H3,(H,15,17). The molecule has 0 saturated carbocycles. The van der Waals surface area contributed by atoms with E-state index in [2.05, 4.69) is 5.32 Å². The van der Waals surface area contributed by atoms with Gasteiger partial charge in [0.05, 0.1) is 32.8 Å². The molecule has 0 radical (unpaired) electrons. The monoisotopic (exact) mass is 281 g/mol. The Morgan fingerprint density at radius 1 is 1.20 bits per heavy atom. The number of carbonyl (C=O) groups is 2. The predicted molar refractivity (Wildman–Crippen MR) is 73.1 cm³/mol. The lowest BCUT2D eigenvalue weighted by atomic mass is 10.1. The van der Waals surface area contributed by atoms with Gasteiger partial charge in [0.1, 0.15) is 11.5 Å². The molecule has 0 spiro atoms. The summed E-state index contributed by atoms with van der Waals surface area (Å²) in [6, 6.07) is 4.94. The number of amides is 1. The van der Waals surface area contributed by atoms with E-state index >= 15 is 0 Å². The lowest BCUT2D eigenvalue weighted by molar-refractivity contribution is -0.142. The van der Waals surface area contributed by atoms with Crippen LogP contribution in [-0.4, -0.2) is 39.2 Å². The average molecular weight is 281 g/mol. The fraction of sp³-hybridized carbons (Fsp3) is 0.429. The fourth-order valence-corrected chi connectivity index (χ4v) is 1.60. The Labute approximate surface area is 118 Å². The number of nitrogens with one attached hydrogen (secondary N) is 1. The molecule has 0 aromatic heterocycles. The fourth-order valence-electron chi connectivity index (χ4n) is 1.60. The van der Waals surface area contributed by atoms with Crippen LogP contribution >= 0.6 is 0 Å². The Hall–Kier alpha value is -2.24. The van der Waals surface area contributed by atoms with Crippen LogP contribution < -0.4 is 14.8 Å². The summed E-state index contributed by atoms with van der Waals surface area (Å²) >= 11 is 0. The molecule has 110 valence electrons. The molecule has 6 heteroatoms. The molecule has 1 amide bonds. The van der Waals surface area contributed by atoms with Gasteiger partial charge in [-0.05, 0) is 25.1 Å². The van der Waals surface area contributed by atoms with E-state index in [1.165, 1.54) is 14.2 Å². The second-order valence-corrected chi connectivity index (χ2v) is 3.88. The number of esters is 1. The smallest absolute Gasteiger partial charge is 0.307 e. The SMILES string of the molecule is CCOC(=O)CCNC(=O)c1cc(OC)ccc1OC. The average Bonchev–Trinajstić information content (AvgIpc) is 2.46. The number of benzene rings is 1. The third-order valence-corrected chi connectivity index (χ3v) is 2.57. The highest BCUT2D eigenvalue weighted by Crippen LogP contribution is 2.23. The van der Waals surface area contributed by atoms with Crippen molar-refractivity contribution in [3.8, 4) is 11.5 Å². The topological polar surface area (TPSA) is 73.9 Å². The maximum atomic E-state index is 12.0. The molecule has 0 aliphatic rings. The molecular formula is C14H19NO5. The zero-order valence-electron chi connectivity index (χ0n) is 11.9. The van der Waals surface area contributed by atoms with Gasteiger partial charge in [0, 0.05) is 6.54 Å². The highest BCUT2D eigenvalue weighted by Gasteiger charge is 2.13. The molecule has 6 nitrogen and oxygen atoms in total. The van der Waals surface area contributed by atoms with Crippen molar-refractivity contribution in [1.82, 2.24) is 5.32 Å². The van der Waals surface area contributed by atoms with Crippen molar-refractivity contribution in [2.45, 2.75) is 13.3 Å². The second-order valence-electron chi connectivity index (χ2n) is 3.88. The largest absolute Gasteiger partial charge is 0.497 e. The Morgan fingerprint density at radius 2 is 1.95 bits per heavy atom. The van der Waals surface area contributed by atoms with Crippen LogP contribution in [0.5, 0.6) is 11.5 Å². The summed E-state index contributed by atoms with van der Waals surface area (Å²) < 4.78 is 15.0. The number of rotatable bonds is 7. The molecular weight excluding hydrogens is 262 g/mol. The molecule has 0 aliphatic carbocycles. The van der Waals surface area contributed by atoms with Gasteiger partial charge >= 0.3 is 5.97 Å². The van der Waals surface area contributed by atoms with Crippen LogP contribution in [0.15, 0.2) is 18.2 Å². The number of methoxy groups -OCH3 is 2. The molecule has 1 aromatic rings. The molecule has 0 atom stereocenters. The van der Waals surface area contributed by atoms with Crippen LogP contribution in [0.4, 0.5) is 0 Å². The van der Waals surface area contributed by atoms with Crippen LogP contribution in [0, 0.1) is 0 Å². The molecule has 0 saturated heterocycles. The van der Waals surface area contributed by atoms with Gasteiger partial charge in [-0.15, -0.1) is 0 Å². The summed E-state index contributed by atoms with van der Waals surface area (Å²) in [6.45, 7) is 2.27. The van der Waals surface area contributed by atoms with E-state index in [9.17, 15) is 9.59 Å². The van der Waals surface area contributed by atoms with Gasteiger partial charge in [-0.1, -0.05) is 0 Å². The Kier molecular flexibility index (Phi) is 6.36. The summed E-state index contributed by atoms with van der Waals surface area (Å²) in [5.74, 6) is 0.330. The van der Waals surface area contributed by atoms with Crippen molar-refractivity contribution in [2.24, 2.45) is 0 Å². The number of hydrogen-bond acceptors (Lipinski definition) is 5.